The Morgan fingerprint density at radius 1 is 1.62 bits per heavy atom. The molecule has 0 radical (unpaired) electrons. The first kappa shape index (κ1) is 13.1. The number of carbonyl (C=O) groups is 1. The van der Waals surface area contributed by atoms with Crippen LogP contribution in [0.1, 0.15) is 26.7 Å². The largest absolute Gasteiger partial charge is 0.468 e. The summed E-state index contributed by atoms with van der Waals surface area (Å²) in [5.74, 6) is -0.182. The second-order valence-corrected chi connectivity index (χ2v) is 4.61. The third-order valence-corrected chi connectivity index (χ3v) is 3.59. The first-order valence-electron chi connectivity index (χ1n) is 5.48. The van der Waals surface area contributed by atoms with Crippen LogP contribution in [0.2, 0.25) is 0 Å². The molecule has 1 aromatic rings. The third kappa shape index (κ3) is 3.27. The molecule has 0 aliphatic rings. The van der Waals surface area contributed by atoms with Gasteiger partial charge in [-0.25, -0.2) is 4.98 Å². The highest BCUT2D eigenvalue weighted by atomic mass is 32.2. The van der Waals surface area contributed by atoms with Crippen molar-refractivity contribution in [1.29, 1.82) is 0 Å². The Morgan fingerprint density at radius 3 is 2.94 bits per heavy atom. The molecule has 1 heterocycles. The Labute approximate surface area is 100 Å². The average Bonchev–Trinajstić information content (AvgIpc) is 2.73. The van der Waals surface area contributed by atoms with Gasteiger partial charge in [0.15, 0.2) is 5.16 Å². The smallest absolute Gasteiger partial charge is 0.319 e. The second-order valence-electron chi connectivity index (χ2n) is 3.44. The number of thioether (sulfide) groups is 1. The van der Waals surface area contributed by atoms with E-state index >= 15 is 0 Å². The van der Waals surface area contributed by atoms with Crippen LogP contribution in [0.25, 0.3) is 0 Å². The predicted molar refractivity (Wildman–Crippen MR) is 64.5 cm³/mol. The quantitative estimate of drug-likeness (QED) is 0.567. The van der Waals surface area contributed by atoms with E-state index in [1.54, 1.807) is 6.20 Å². The van der Waals surface area contributed by atoms with Gasteiger partial charge in [-0.05, 0) is 12.8 Å². The van der Waals surface area contributed by atoms with Crippen LogP contribution < -0.4 is 0 Å². The molecule has 0 bridgehead atoms. The third-order valence-electron chi connectivity index (χ3n) is 2.22. The summed E-state index contributed by atoms with van der Waals surface area (Å²) < 4.78 is 6.82. The van der Waals surface area contributed by atoms with Crippen molar-refractivity contribution in [3.05, 3.63) is 12.4 Å². The molecular weight excluding hydrogens is 224 g/mol. The Hall–Kier alpha value is -0.970. The monoisotopic (exact) mass is 242 g/mol. The van der Waals surface area contributed by atoms with Crippen molar-refractivity contribution < 1.29 is 9.53 Å². The van der Waals surface area contributed by atoms with Crippen molar-refractivity contribution in [1.82, 2.24) is 9.55 Å². The van der Waals surface area contributed by atoms with Crippen LogP contribution in [-0.4, -0.2) is 27.9 Å². The number of esters is 1. The van der Waals surface area contributed by atoms with Gasteiger partial charge >= 0.3 is 5.97 Å². The van der Waals surface area contributed by atoms with E-state index in [2.05, 4.69) is 16.5 Å². The number of aromatic nitrogens is 2. The molecule has 0 amide bonds. The molecule has 1 unspecified atom stereocenters. The van der Waals surface area contributed by atoms with E-state index in [0.29, 0.717) is 0 Å². The van der Waals surface area contributed by atoms with Crippen LogP contribution in [0, 0.1) is 0 Å². The Bertz CT molecular complexity index is 338. The number of aryl methyl sites for hydroxylation is 1. The van der Waals surface area contributed by atoms with Gasteiger partial charge in [0.1, 0.15) is 5.25 Å². The maximum atomic E-state index is 11.5. The van der Waals surface area contributed by atoms with Crippen LogP contribution in [0.15, 0.2) is 17.6 Å². The molecule has 4 nitrogen and oxygen atoms in total. The first-order valence-corrected chi connectivity index (χ1v) is 6.36. The minimum Gasteiger partial charge on any atom is -0.468 e. The lowest BCUT2D eigenvalue weighted by molar-refractivity contribution is -0.140. The van der Waals surface area contributed by atoms with Crippen molar-refractivity contribution in [2.24, 2.45) is 0 Å². The Balaban J connectivity index is 2.69. The topological polar surface area (TPSA) is 44.1 Å². The number of imidazole rings is 1. The van der Waals surface area contributed by atoms with Crippen molar-refractivity contribution in [2.45, 2.75) is 43.6 Å². The molecule has 90 valence electrons. The fraction of sp³-hybridized carbons (Fsp3) is 0.636. The zero-order valence-corrected chi connectivity index (χ0v) is 10.8. The number of methoxy groups -OCH3 is 1. The molecule has 1 rings (SSSR count). The molecular formula is C11H18N2O2S. The van der Waals surface area contributed by atoms with Crippen LogP contribution in [0.3, 0.4) is 0 Å². The zero-order valence-electron chi connectivity index (χ0n) is 9.97. The molecule has 0 N–H and O–H groups in total. The van der Waals surface area contributed by atoms with Gasteiger partial charge in [0, 0.05) is 18.9 Å². The molecule has 0 saturated heterocycles. The van der Waals surface area contributed by atoms with Gasteiger partial charge in [-0.2, -0.15) is 0 Å². The summed E-state index contributed by atoms with van der Waals surface area (Å²) in [5.41, 5.74) is 0. The zero-order chi connectivity index (χ0) is 12.0. The highest BCUT2D eigenvalue weighted by molar-refractivity contribution is 8.00. The predicted octanol–water partition coefficient (Wildman–Crippen LogP) is 2.34. The minimum absolute atomic E-state index is 0.164. The maximum absolute atomic E-state index is 11.5. The molecule has 0 fully saturated rings. The molecule has 1 aromatic heterocycles. The van der Waals surface area contributed by atoms with Gasteiger partial charge < -0.3 is 9.30 Å². The lowest BCUT2D eigenvalue weighted by Gasteiger charge is -2.12. The summed E-state index contributed by atoms with van der Waals surface area (Å²) in [6.07, 6.45) is 5.51. The second kappa shape index (κ2) is 6.58. The van der Waals surface area contributed by atoms with Gasteiger partial charge in [0.25, 0.3) is 0 Å². The summed E-state index contributed by atoms with van der Waals surface area (Å²) in [5, 5.41) is 0.724. The molecule has 0 saturated carbocycles. The molecule has 1 atom stereocenters. The minimum atomic E-state index is -0.182. The standard InChI is InChI=1S/C11H18N2O2S/c1-4-7-13-8-6-12-11(13)16-9(5-2)10(14)15-3/h6,8-9H,4-5,7H2,1-3H3. The van der Waals surface area contributed by atoms with Gasteiger partial charge in [-0.15, -0.1) is 0 Å². The summed E-state index contributed by atoms with van der Waals surface area (Å²) >= 11 is 1.47. The molecule has 0 aliphatic heterocycles. The fourth-order valence-electron chi connectivity index (χ4n) is 1.38. The highest BCUT2D eigenvalue weighted by Crippen LogP contribution is 2.24. The molecule has 0 aromatic carbocycles. The lowest BCUT2D eigenvalue weighted by atomic mass is 10.3. The van der Waals surface area contributed by atoms with Crippen LogP contribution in [0.4, 0.5) is 0 Å². The number of hydrogen-bond donors (Lipinski definition) is 0. The normalized spacial score (nSPS) is 12.4. The number of hydrogen-bond acceptors (Lipinski definition) is 4. The highest BCUT2D eigenvalue weighted by Gasteiger charge is 2.20. The van der Waals surface area contributed by atoms with Gasteiger partial charge in [-0.1, -0.05) is 25.6 Å². The molecule has 5 heteroatoms. The maximum Gasteiger partial charge on any atom is 0.319 e. The Morgan fingerprint density at radius 2 is 2.38 bits per heavy atom. The van der Waals surface area contributed by atoms with E-state index < -0.39 is 0 Å². The van der Waals surface area contributed by atoms with E-state index in [9.17, 15) is 4.79 Å². The lowest BCUT2D eigenvalue weighted by Crippen LogP contribution is -2.18. The first-order chi connectivity index (χ1) is 7.72. The number of rotatable bonds is 6. The van der Waals surface area contributed by atoms with Crippen molar-refractivity contribution >= 4 is 17.7 Å². The fourth-order valence-corrected chi connectivity index (χ4v) is 2.40. The van der Waals surface area contributed by atoms with Crippen molar-refractivity contribution in [3.8, 4) is 0 Å². The van der Waals surface area contributed by atoms with Gasteiger partial charge in [-0.3, -0.25) is 4.79 Å². The van der Waals surface area contributed by atoms with Crippen molar-refractivity contribution in [3.63, 3.8) is 0 Å². The average molecular weight is 242 g/mol. The van der Waals surface area contributed by atoms with Gasteiger partial charge in [0.05, 0.1) is 7.11 Å². The van der Waals surface area contributed by atoms with Crippen LogP contribution >= 0.6 is 11.8 Å². The Kier molecular flexibility index (Phi) is 5.38. The number of ether oxygens (including phenoxy) is 1. The summed E-state index contributed by atoms with van der Waals surface area (Å²) in [4.78, 5) is 15.7. The van der Waals surface area contributed by atoms with Gasteiger partial charge in [0.2, 0.25) is 0 Å². The molecule has 0 aliphatic carbocycles. The van der Waals surface area contributed by atoms with Crippen molar-refractivity contribution in [2.75, 3.05) is 7.11 Å². The van der Waals surface area contributed by atoms with E-state index in [0.717, 1.165) is 24.5 Å². The SMILES string of the molecule is CCCn1ccnc1SC(CC)C(=O)OC. The summed E-state index contributed by atoms with van der Waals surface area (Å²) in [6, 6.07) is 0. The molecule has 16 heavy (non-hydrogen) atoms. The number of carbonyl (C=O) groups excluding carboxylic acids is 1. The van der Waals surface area contributed by atoms with E-state index in [1.165, 1.54) is 18.9 Å². The van der Waals surface area contributed by atoms with E-state index in [1.807, 2.05) is 13.1 Å². The van der Waals surface area contributed by atoms with E-state index in [4.69, 9.17) is 4.74 Å². The summed E-state index contributed by atoms with van der Waals surface area (Å²) in [7, 11) is 1.42. The van der Waals surface area contributed by atoms with Crippen LogP contribution in [-0.2, 0) is 16.1 Å². The van der Waals surface area contributed by atoms with E-state index in [-0.39, 0.29) is 11.2 Å². The molecule has 0 spiro atoms. The van der Waals surface area contributed by atoms with Crippen LogP contribution in [0.5, 0.6) is 0 Å². The number of nitrogens with zero attached hydrogens (tertiary/aromatic N) is 2. The summed E-state index contributed by atoms with van der Waals surface area (Å²) in [6.45, 7) is 5.02.